The van der Waals surface area contributed by atoms with Crippen LogP contribution in [0.4, 0.5) is 5.69 Å². The lowest BCUT2D eigenvalue weighted by atomic mass is 10.0. The highest BCUT2D eigenvalue weighted by atomic mass is 35.5. The second-order valence-electron chi connectivity index (χ2n) is 5.95. The van der Waals surface area contributed by atoms with E-state index in [0.29, 0.717) is 35.2 Å². The number of hydrogen-bond donors (Lipinski definition) is 2. The molecule has 0 heterocycles. The standard InChI is InChI=1S/C16H27ClN4O/c1-11(2)8-13(21(3)4)10-19-16(18)20-12-6-7-15(22-5)14(17)9-12/h6-7,9,11,13H,8,10H2,1-5H3,(H3,18,19,20). The van der Waals surface area contributed by atoms with Crippen LogP contribution in [0.15, 0.2) is 23.2 Å². The van der Waals surface area contributed by atoms with Crippen LogP contribution in [0.1, 0.15) is 20.3 Å². The SMILES string of the molecule is COc1ccc(NC(N)=NCC(CC(C)C)N(C)C)cc1Cl. The van der Waals surface area contributed by atoms with Crippen molar-refractivity contribution in [2.75, 3.05) is 33.1 Å². The summed E-state index contributed by atoms with van der Waals surface area (Å²) in [7, 11) is 5.71. The van der Waals surface area contributed by atoms with Crippen LogP contribution in [0.5, 0.6) is 5.75 Å². The van der Waals surface area contributed by atoms with Gasteiger partial charge in [0.1, 0.15) is 5.75 Å². The Labute approximate surface area is 138 Å². The molecule has 3 N–H and O–H groups in total. The average Bonchev–Trinajstić information content (AvgIpc) is 2.43. The first kappa shape index (κ1) is 18.6. The molecule has 5 nitrogen and oxygen atoms in total. The monoisotopic (exact) mass is 326 g/mol. The van der Waals surface area contributed by atoms with Crippen LogP contribution in [-0.4, -0.2) is 44.7 Å². The number of halogens is 1. The van der Waals surface area contributed by atoms with E-state index in [9.17, 15) is 0 Å². The van der Waals surface area contributed by atoms with Crippen LogP contribution in [0.2, 0.25) is 5.02 Å². The average molecular weight is 327 g/mol. The van der Waals surface area contributed by atoms with Crippen molar-refractivity contribution in [2.45, 2.75) is 26.3 Å². The number of rotatable bonds is 7. The molecule has 1 aromatic carbocycles. The summed E-state index contributed by atoms with van der Waals surface area (Å²) in [5.41, 5.74) is 6.74. The first-order valence-corrected chi connectivity index (χ1v) is 7.78. The molecule has 1 rings (SSSR count). The zero-order chi connectivity index (χ0) is 16.7. The number of nitrogens with one attached hydrogen (secondary N) is 1. The zero-order valence-electron chi connectivity index (χ0n) is 14.1. The van der Waals surface area contributed by atoms with Crippen molar-refractivity contribution in [3.8, 4) is 5.75 Å². The molecule has 0 spiro atoms. The summed E-state index contributed by atoms with van der Waals surface area (Å²) in [5, 5.41) is 3.58. The molecule has 0 saturated carbocycles. The van der Waals surface area contributed by atoms with Gasteiger partial charge < -0.3 is 20.7 Å². The van der Waals surface area contributed by atoms with Crippen molar-refractivity contribution in [1.82, 2.24) is 4.90 Å². The number of nitrogens with two attached hydrogens (primary N) is 1. The van der Waals surface area contributed by atoms with E-state index in [0.717, 1.165) is 12.1 Å². The van der Waals surface area contributed by atoms with Gasteiger partial charge in [-0.15, -0.1) is 0 Å². The first-order chi connectivity index (χ1) is 10.3. The third-order valence-corrected chi connectivity index (χ3v) is 3.67. The number of ether oxygens (including phenoxy) is 1. The molecule has 124 valence electrons. The molecule has 0 saturated heterocycles. The number of likely N-dealkylation sites (N-methyl/N-ethyl adjacent to an activating group) is 1. The molecule has 0 bridgehead atoms. The molecule has 1 unspecified atom stereocenters. The summed E-state index contributed by atoms with van der Waals surface area (Å²) in [6, 6.07) is 5.78. The Bertz CT molecular complexity index is 503. The molecular formula is C16H27ClN4O. The highest BCUT2D eigenvalue weighted by molar-refractivity contribution is 6.32. The minimum atomic E-state index is 0.375. The summed E-state index contributed by atoms with van der Waals surface area (Å²) in [6.45, 7) is 5.08. The van der Waals surface area contributed by atoms with Crippen LogP contribution < -0.4 is 15.8 Å². The lowest BCUT2D eigenvalue weighted by molar-refractivity contribution is 0.261. The molecule has 0 amide bonds. The maximum atomic E-state index is 6.09. The van der Waals surface area contributed by atoms with Gasteiger partial charge >= 0.3 is 0 Å². The van der Waals surface area contributed by atoms with Crippen LogP contribution in [0, 0.1) is 5.92 Å². The molecule has 0 fully saturated rings. The summed E-state index contributed by atoms with van der Waals surface area (Å²) in [6.07, 6.45) is 1.08. The van der Waals surface area contributed by atoms with Crippen molar-refractivity contribution in [3.05, 3.63) is 23.2 Å². The maximum Gasteiger partial charge on any atom is 0.193 e. The van der Waals surface area contributed by atoms with Gasteiger partial charge in [0.15, 0.2) is 5.96 Å². The fourth-order valence-electron chi connectivity index (χ4n) is 2.13. The lowest BCUT2D eigenvalue weighted by Gasteiger charge is -2.24. The largest absolute Gasteiger partial charge is 0.495 e. The van der Waals surface area contributed by atoms with Gasteiger partial charge in [0.05, 0.1) is 18.7 Å². The van der Waals surface area contributed by atoms with Gasteiger partial charge in [0.25, 0.3) is 0 Å². The number of guanidine groups is 1. The smallest absolute Gasteiger partial charge is 0.193 e. The number of methoxy groups -OCH3 is 1. The van der Waals surface area contributed by atoms with E-state index < -0.39 is 0 Å². The van der Waals surface area contributed by atoms with Gasteiger partial charge in [-0.3, -0.25) is 4.99 Å². The summed E-state index contributed by atoms with van der Waals surface area (Å²) < 4.78 is 5.12. The van der Waals surface area contributed by atoms with E-state index in [4.69, 9.17) is 22.1 Å². The van der Waals surface area contributed by atoms with Gasteiger partial charge in [0.2, 0.25) is 0 Å². The molecule has 0 aromatic heterocycles. The van der Waals surface area contributed by atoms with Crippen molar-refractivity contribution in [3.63, 3.8) is 0 Å². The van der Waals surface area contributed by atoms with Gasteiger partial charge in [-0.05, 0) is 44.6 Å². The van der Waals surface area contributed by atoms with Crippen molar-refractivity contribution in [2.24, 2.45) is 16.6 Å². The van der Waals surface area contributed by atoms with Crippen molar-refractivity contribution >= 4 is 23.2 Å². The number of aliphatic imine (C=N–C) groups is 1. The van der Waals surface area contributed by atoms with Crippen LogP contribution >= 0.6 is 11.6 Å². The fraction of sp³-hybridized carbons (Fsp3) is 0.562. The Balaban J connectivity index is 2.66. The van der Waals surface area contributed by atoms with Gasteiger partial charge in [-0.2, -0.15) is 0 Å². The van der Waals surface area contributed by atoms with E-state index in [1.807, 2.05) is 6.07 Å². The molecule has 1 aromatic rings. The normalized spacial score (nSPS) is 13.5. The minimum absolute atomic E-state index is 0.375. The first-order valence-electron chi connectivity index (χ1n) is 7.40. The van der Waals surface area contributed by atoms with Gasteiger partial charge in [0, 0.05) is 11.7 Å². The quantitative estimate of drug-likeness (QED) is 0.597. The van der Waals surface area contributed by atoms with Crippen molar-refractivity contribution < 1.29 is 4.74 Å². The fourth-order valence-corrected chi connectivity index (χ4v) is 2.39. The summed E-state index contributed by atoms with van der Waals surface area (Å²) >= 11 is 6.09. The second-order valence-corrected chi connectivity index (χ2v) is 6.35. The minimum Gasteiger partial charge on any atom is -0.495 e. The Hall–Kier alpha value is -1.46. The predicted octanol–water partition coefficient (Wildman–Crippen LogP) is 3.05. The molecular weight excluding hydrogens is 300 g/mol. The third kappa shape index (κ3) is 6.12. The van der Waals surface area contributed by atoms with E-state index in [-0.39, 0.29) is 0 Å². The van der Waals surface area contributed by atoms with Gasteiger partial charge in [-0.25, -0.2) is 0 Å². The number of nitrogens with zero attached hydrogens (tertiary/aromatic N) is 2. The van der Waals surface area contributed by atoms with E-state index in [2.05, 4.69) is 43.2 Å². The lowest BCUT2D eigenvalue weighted by Crippen LogP contribution is -2.34. The van der Waals surface area contributed by atoms with Crippen LogP contribution in [0.3, 0.4) is 0 Å². The third-order valence-electron chi connectivity index (χ3n) is 3.37. The molecule has 22 heavy (non-hydrogen) atoms. The Morgan fingerprint density at radius 3 is 2.59 bits per heavy atom. The van der Waals surface area contributed by atoms with E-state index in [1.165, 1.54) is 0 Å². The second kappa shape index (κ2) is 8.86. The molecule has 0 aliphatic carbocycles. The predicted molar refractivity (Wildman–Crippen MR) is 95.0 cm³/mol. The highest BCUT2D eigenvalue weighted by Gasteiger charge is 2.13. The van der Waals surface area contributed by atoms with Gasteiger partial charge in [-0.1, -0.05) is 25.4 Å². The number of anilines is 1. The molecule has 0 radical (unpaired) electrons. The maximum absolute atomic E-state index is 6.09. The van der Waals surface area contributed by atoms with Crippen LogP contribution in [-0.2, 0) is 0 Å². The number of benzene rings is 1. The molecule has 0 aliphatic rings. The van der Waals surface area contributed by atoms with Crippen molar-refractivity contribution in [1.29, 1.82) is 0 Å². The van der Waals surface area contributed by atoms with E-state index >= 15 is 0 Å². The Kier molecular flexibility index (Phi) is 7.48. The van der Waals surface area contributed by atoms with Crippen LogP contribution in [0.25, 0.3) is 0 Å². The topological polar surface area (TPSA) is 62.9 Å². The summed E-state index contributed by atoms with van der Waals surface area (Å²) in [4.78, 5) is 6.62. The molecule has 6 heteroatoms. The zero-order valence-corrected chi connectivity index (χ0v) is 14.8. The highest BCUT2D eigenvalue weighted by Crippen LogP contribution is 2.27. The van der Waals surface area contributed by atoms with E-state index in [1.54, 1.807) is 19.2 Å². The Morgan fingerprint density at radius 2 is 2.09 bits per heavy atom. The molecule has 1 atom stereocenters. The molecule has 0 aliphatic heterocycles. The number of hydrogen-bond acceptors (Lipinski definition) is 3. The summed E-state index contributed by atoms with van der Waals surface area (Å²) in [5.74, 6) is 1.64. The Morgan fingerprint density at radius 1 is 1.41 bits per heavy atom.